The Labute approximate surface area is 109 Å². The first-order valence-electron chi connectivity index (χ1n) is 5.52. The molecule has 0 saturated heterocycles. The maximum absolute atomic E-state index is 11.7. The second-order valence-corrected chi connectivity index (χ2v) is 4.63. The Balaban J connectivity index is 1.80. The highest BCUT2D eigenvalue weighted by atomic mass is 32.1. The Morgan fingerprint density at radius 1 is 1.17 bits per heavy atom. The number of thiophene rings is 1. The Hall–Kier alpha value is -2.01. The smallest absolute Gasteiger partial charge is 0.224 e. The number of ketones is 1. The molecule has 0 aliphatic heterocycles. The van der Waals surface area contributed by atoms with Crippen LogP contribution in [0.25, 0.3) is 0 Å². The summed E-state index contributed by atoms with van der Waals surface area (Å²) in [6.45, 7) is 0. The number of aromatic nitrogens is 1. The summed E-state index contributed by atoms with van der Waals surface area (Å²) in [4.78, 5) is 27.8. The van der Waals surface area contributed by atoms with E-state index >= 15 is 0 Å². The number of anilines is 1. The predicted octanol–water partition coefficient (Wildman–Crippen LogP) is 2.74. The van der Waals surface area contributed by atoms with Crippen LogP contribution < -0.4 is 5.32 Å². The van der Waals surface area contributed by atoms with Crippen molar-refractivity contribution in [2.24, 2.45) is 0 Å². The summed E-state index contributed by atoms with van der Waals surface area (Å²) in [6.07, 6.45) is 3.63. The molecule has 0 aliphatic carbocycles. The lowest BCUT2D eigenvalue weighted by Gasteiger charge is -2.03. The molecule has 2 heterocycles. The Morgan fingerprint density at radius 3 is 2.61 bits per heavy atom. The lowest BCUT2D eigenvalue weighted by atomic mass is 10.2. The average molecular weight is 260 g/mol. The first kappa shape index (κ1) is 12.4. The number of hydrogen-bond acceptors (Lipinski definition) is 4. The van der Waals surface area contributed by atoms with Gasteiger partial charge in [0.25, 0.3) is 0 Å². The highest BCUT2D eigenvalue weighted by Crippen LogP contribution is 2.13. The number of carbonyl (C=O) groups is 2. The first-order chi connectivity index (χ1) is 8.75. The van der Waals surface area contributed by atoms with Crippen LogP contribution in [0, 0.1) is 0 Å². The van der Waals surface area contributed by atoms with Gasteiger partial charge in [0.2, 0.25) is 5.91 Å². The molecule has 1 N–H and O–H groups in total. The van der Waals surface area contributed by atoms with Crippen LogP contribution in [0.1, 0.15) is 22.5 Å². The minimum absolute atomic E-state index is 0.00915. The van der Waals surface area contributed by atoms with Crippen LogP contribution in [-0.2, 0) is 4.79 Å². The zero-order valence-electron chi connectivity index (χ0n) is 9.63. The van der Waals surface area contributed by atoms with Crippen molar-refractivity contribution in [3.63, 3.8) is 0 Å². The molecule has 0 saturated carbocycles. The van der Waals surface area contributed by atoms with Gasteiger partial charge in [0, 0.05) is 30.9 Å². The molecule has 0 unspecified atom stereocenters. The number of amides is 1. The molecule has 2 aromatic rings. The average Bonchev–Trinajstić information content (AvgIpc) is 2.91. The Morgan fingerprint density at radius 2 is 1.94 bits per heavy atom. The number of pyridine rings is 1. The van der Waals surface area contributed by atoms with Gasteiger partial charge in [-0.2, -0.15) is 0 Å². The summed E-state index contributed by atoms with van der Waals surface area (Å²) < 4.78 is 0. The minimum Gasteiger partial charge on any atom is -0.326 e. The largest absolute Gasteiger partial charge is 0.326 e. The van der Waals surface area contributed by atoms with Gasteiger partial charge in [-0.1, -0.05) is 6.07 Å². The Bertz CT molecular complexity index is 523. The van der Waals surface area contributed by atoms with Crippen molar-refractivity contribution in [1.82, 2.24) is 4.98 Å². The van der Waals surface area contributed by atoms with Gasteiger partial charge < -0.3 is 5.32 Å². The van der Waals surface area contributed by atoms with Crippen molar-refractivity contribution >= 4 is 28.7 Å². The van der Waals surface area contributed by atoms with Gasteiger partial charge in [-0.15, -0.1) is 11.3 Å². The molecule has 0 spiro atoms. The molecule has 1 amide bonds. The number of nitrogens with one attached hydrogen (secondary N) is 1. The molecule has 0 radical (unpaired) electrons. The minimum atomic E-state index is -0.161. The van der Waals surface area contributed by atoms with Gasteiger partial charge in [-0.05, 0) is 23.6 Å². The molecule has 5 heteroatoms. The fourth-order valence-electron chi connectivity index (χ4n) is 1.45. The summed E-state index contributed by atoms with van der Waals surface area (Å²) in [6, 6.07) is 7.01. The maximum Gasteiger partial charge on any atom is 0.224 e. The molecule has 2 rings (SSSR count). The van der Waals surface area contributed by atoms with E-state index in [4.69, 9.17) is 0 Å². The quantitative estimate of drug-likeness (QED) is 0.841. The SMILES string of the molecule is O=C(CCC(=O)c1cccs1)Nc1ccncc1. The third-order valence-electron chi connectivity index (χ3n) is 2.34. The third kappa shape index (κ3) is 3.49. The normalized spacial score (nSPS) is 10.0. The molecular weight excluding hydrogens is 248 g/mol. The van der Waals surface area contributed by atoms with E-state index in [-0.39, 0.29) is 24.5 Å². The number of hydrogen-bond donors (Lipinski definition) is 1. The molecule has 0 aromatic carbocycles. The van der Waals surface area contributed by atoms with E-state index in [1.165, 1.54) is 11.3 Å². The van der Waals surface area contributed by atoms with E-state index in [0.717, 1.165) is 0 Å². The zero-order chi connectivity index (χ0) is 12.8. The Kier molecular flexibility index (Phi) is 4.20. The summed E-state index contributed by atoms with van der Waals surface area (Å²) in [5.41, 5.74) is 0.693. The summed E-state index contributed by atoms with van der Waals surface area (Å²) >= 11 is 1.40. The van der Waals surface area contributed by atoms with Crippen LogP contribution in [0.3, 0.4) is 0 Å². The third-order valence-corrected chi connectivity index (χ3v) is 3.25. The van der Waals surface area contributed by atoms with E-state index in [9.17, 15) is 9.59 Å². The van der Waals surface area contributed by atoms with Crippen LogP contribution >= 0.6 is 11.3 Å². The highest BCUT2D eigenvalue weighted by molar-refractivity contribution is 7.12. The second kappa shape index (κ2) is 6.07. The second-order valence-electron chi connectivity index (χ2n) is 3.68. The highest BCUT2D eigenvalue weighted by Gasteiger charge is 2.10. The van der Waals surface area contributed by atoms with Gasteiger partial charge in [-0.3, -0.25) is 14.6 Å². The van der Waals surface area contributed by atoms with Gasteiger partial charge in [-0.25, -0.2) is 0 Å². The molecule has 92 valence electrons. The fraction of sp³-hybridized carbons (Fsp3) is 0.154. The van der Waals surface area contributed by atoms with Crippen molar-refractivity contribution in [1.29, 1.82) is 0 Å². The molecule has 0 fully saturated rings. The van der Waals surface area contributed by atoms with Crippen LogP contribution in [0.2, 0.25) is 0 Å². The summed E-state index contributed by atoms with van der Waals surface area (Å²) in [7, 11) is 0. The number of rotatable bonds is 5. The fourth-order valence-corrected chi connectivity index (χ4v) is 2.14. The van der Waals surface area contributed by atoms with Crippen molar-refractivity contribution in [3.8, 4) is 0 Å². The molecule has 0 atom stereocenters. The monoisotopic (exact) mass is 260 g/mol. The molecule has 4 nitrogen and oxygen atoms in total. The van der Waals surface area contributed by atoms with Crippen LogP contribution in [-0.4, -0.2) is 16.7 Å². The maximum atomic E-state index is 11.7. The lowest BCUT2D eigenvalue weighted by molar-refractivity contribution is -0.116. The van der Waals surface area contributed by atoms with E-state index in [0.29, 0.717) is 10.6 Å². The number of nitrogens with zero attached hydrogens (tertiary/aromatic N) is 1. The summed E-state index contributed by atoms with van der Waals surface area (Å²) in [5, 5.41) is 4.57. The van der Waals surface area contributed by atoms with Crippen molar-refractivity contribution < 1.29 is 9.59 Å². The zero-order valence-corrected chi connectivity index (χ0v) is 10.4. The van der Waals surface area contributed by atoms with Crippen molar-refractivity contribution in [3.05, 3.63) is 46.9 Å². The van der Waals surface area contributed by atoms with Crippen molar-refractivity contribution in [2.45, 2.75) is 12.8 Å². The molecule has 0 bridgehead atoms. The molecule has 2 aromatic heterocycles. The van der Waals surface area contributed by atoms with Crippen molar-refractivity contribution in [2.75, 3.05) is 5.32 Å². The van der Waals surface area contributed by atoms with Gasteiger partial charge in [0.05, 0.1) is 4.88 Å². The van der Waals surface area contributed by atoms with E-state index < -0.39 is 0 Å². The van der Waals surface area contributed by atoms with Crippen LogP contribution in [0.5, 0.6) is 0 Å². The van der Waals surface area contributed by atoms with E-state index in [1.807, 2.05) is 11.4 Å². The topological polar surface area (TPSA) is 59.1 Å². The van der Waals surface area contributed by atoms with Crippen LogP contribution in [0.4, 0.5) is 5.69 Å². The molecule has 18 heavy (non-hydrogen) atoms. The first-order valence-corrected chi connectivity index (χ1v) is 6.40. The van der Waals surface area contributed by atoms with Gasteiger partial charge >= 0.3 is 0 Å². The van der Waals surface area contributed by atoms with Crippen LogP contribution in [0.15, 0.2) is 42.0 Å². The predicted molar refractivity (Wildman–Crippen MR) is 70.8 cm³/mol. The molecule has 0 aliphatic rings. The molecular formula is C13H12N2O2S. The van der Waals surface area contributed by atoms with E-state index in [1.54, 1.807) is 30.6 Å². The number of Topliss-reactive ketones (excluding diaryl/α,β-unsaturated/α-hetero) is 1. The standard InChI is InChI=1S/C13H12N2O2S/c16-11(12-2-1-9-18-12)3-4-13(17)15-10-5-7-14-8-6-10/h1-2,5-9H,3-4H2,(H,14,15,17). The van der Waals surface area contributed by atoms with Gasteiger partial charge in [0.1, 0.15) is 0 Å². The summed E-state index contributed by atoms with van der Waals surface area (Å²) in [5.74, 6) is -0.152. The number of carbonyl (C=O) groups excluding carboxylic acids is 2. The van der Waals surface area contributed by atoms with Gasteiger partial charge in [0.15, 0.2) is 5.78 Å². The van der Waals surface area contributed by atoms with E-state index in [2.05, 4.69) is 10.3 Å². The lowest BCUT2D eigenvalue weighted by Crippen LogP contribution is -2.13.